The summed E-state index contributed by atoms with van der Waals surface area (Å²) in [6.45, 7) is 2.95. The molecule has 0 atom stereocenters. The van der Waals surface area contributed by atoms with Gasteiger partial charge >= 0.3 is 0 Å². The van der Waals surface area contributed by atoms with E-state index in [9.17, 15) is 0 Å². The lowest BCUT2D eigenvalue weighted by atomic mass is 10.1. The molecule has 3 heteroatoms. The Bertz CT molecular complexity index is 638. The van der Waals surface area contributed by atoms with E-state index in [2.05, 4.69) is 51.9 Å². The van der Waals surface area contributed by atoms with Crippen molar-refractivity contribution in [2.24, 2.45) is 0 Å². The molecule has 0 aliphatic rings. The summed E-state index contributed by atoms with van der Waals surface area (Å²) in [7, 11) is 0. The second kappa shape index (κ2) is 4.01. The largest absolute Gasteiger partial charge is 0.328 e. The smallest absolute Gasteiger partial charge is 0.143 e. The Morgan fingerprint density at radius 3 is 2.76 bits per heavy atom. The molecule has 3 rings (SSSR count). The zero-order valence-corrected chi connectivity index (χ0v) is 9.67. The zero-order valence-electron chi connectivity index (χ0n) is 9.67. The lowest BCUT2D eigenvalue weighted by Gasteiger charge is -2.05. The fraction of sp³-hybridized carbons (Fsp3) is 0.143. The lowest BCUT2D eigenvalue weighted by Crippen LogP contribution is -1.99. The maximum Gasteiger partial charge on any atom is 0.143 e. The highest BCUT2D eigenvalue weighted by Gasteiger charge is 2.02. The van der Waals surface area contributed by atoms with Crippen molar-refractivity contribution in [1.82, 2.24) is 14.5 Å². The molecule has 0 bridgehead atoms. The van der Waals surface area contributed by atoms with Crippen LogP contribution in [0.5, 0.6) is 0 Å². The average Bonchev–Trinajstić information content (AvgIpc) is 2.76. The van der Waals surface area contributed by atoms with Crippen LogP contribution in [0.2, 0.25) is 0 Å². The summed E-state index contributed by atoms with van der Waals surface area (Å²) in [6, 6.07) is 10.6. The van der Waals surface area contributed by atoms with E-state index in [1.165, 1.54) is 11.1 Å². The van der Waals surface area contributed by atoms with Crippen molar-refractivity contribution in [3.8, 4) is 0 Å². The number of aromatic nitrogens is 3. The molecule has 3 nitrogen and oxygen atoms in total. The van der Waals surface area contributed by atoms with Crippen molar-refractivity contribution < 1.29 is 0 Å². The molecule has 0 radical (unpaired) electrons. The Kier molecular flexibility index (Phi) is 2.37. The second-order valence-electron chi connectivity index (χ2n) is 4.23. The van der Waals surface area contributed by atoms with E-state index in [-0.39, 0.29) is 0 Å². The molecule has 0 amide bonds. The summed E-state index contributed by atoms with van der Waals surface area (Å²) < 4.78 is 2.14. The Balaban J connectivity index is 1.97. The fourth-order valence-electron chi connectivity index (χ4n) is 1.95. The molecule has 0 N–H and O–H groups in total. The highest BCUT2D eigenvalue weighted by atomic mass is 15.0. The molecule has 0 fully saturated rings. The van der Waals surface area contributed by atoms with E-state index in [0.29, 0.717) is 0 Å². The zero-order chi connectivity index (χ0) is 11.7. The second-order valence-corrected chi connectivity index (χ2v) is 4.23. The minimum Gasteiger partial charge on any atom is -0.328 e. The van der Waals surface area contributed by atoms with Crippen molar-refractivity contribution in [1.29, 1.82) is 0 Å². The number of hydrogen-bond donors (Lipinski definition) is 0. The highest BCUT2D eigenvalue weighted by Crippen LogP contribution is 2.13. The predicted octanol–water partition coefficient (Wildman–Crippen LogP) is 2.79. The van der Waals surface area contributed by atoms with Crippen molar-refractivity contribution >= 4 is 11.0 Å². The van der Waals surface area contributed by atoms with Crippen molar-refractivity contribution in [2.45, 2.75) is 13.5 Å². The molecule has 0 saturated heterocycles. The number of benzene rings is 1. The monoisotopic (exact) mass is 223 g/mol. The summed E-state index contributed by atoms with van der Waals surface area (Å²) in [5.41, 5.74) is 3.56. The summed E-state index contributed by atoms with van der Waals surface area (Å²) in [6.07, 6.45) is 5.49. The van der Waals surface area contributed by atoms with Crippen molar-refractivity contribution in [3.63, 3.8) is 0 Å². The minimum absolute atomic E-state index is 0.848. The van der Waals surface area contributed by atoms with Gasteiger partial charge in [-0.3, -0.25) is 0 Å². The van der Waals surface area contributed by atoms with E-state index >= 15 is 0 Å². The predicted molar refractivity (Wildman–Crippen MR) is 67.8 cm³/mol. The normalized spacial score (nSPS) is 10.9. The standard InChI is InChI=1S/C14H13N3/c1-11-2-4-12(5-3-11)9-17-7-6-13-8-15-10-16-14(13)17/h2-8,10H,9H2,1H3. The summed E-state index contributed by atoms with van der Waals surface area (Å²) in [5.74, 6) is 0. The number of nitrogens with zero attached hydrogens (tertiary/aromatic N) is 3. The maximum absolute atomic E-state index is 4.31. The van der Waals surface area contributed by atoms with E-state index in [0.717, 1.165) is 17.6 Å². The van der Waals surface area contributed by atoms with Crippen LogP contribution >= 0.6 is 0 Å². The number of rotatable bonds is 2. The molecule has 0 saturated carbocycles. The van der Waals surface area contributed by atoms with Gasteiger partial charge in [0.2, 0.25) is 0 Å². The Hall–Kier alpha value is -2.16. The summed E-state index contributed by atoms with van der Waals surface area (Å²) in [5, 5.41) is 1.08. The van der Waals surface area contributed by atoms with Gasteiger partial charge in [0.05, 0.1) is 0 Å². The first-order chi connectivity index (χ1) is 8.33. The third-order valence-corrected chi connectivity index (χ3v) is 2.90. The highest BCUT2D eigenvalue weighted by molar-refractivity contribution is 5.74. The van der Waals surface area contributed by atoms with Gasteiger partial charge in [0.15, 0.2) is 0 Å². The molecule has 84 valence electrons. The number of hydrogen-bond acceptors (Lipinski definition) is 2. The van der Waals surface area contributed by atoms with Crippen LogP contribution < -0.4 is 0 Å². The van der Waals surface area contributed by atoms with Crippen LogP contribution in [0.3, 0.4) is 0 Å². The Labute approximate surface area is 99.8 Å². The average molecular weight is 223 g/mol. The topological polar surface area (TPSA) is 30.7 Å². The van der Waals surface area contributed by atoms with Crippen LogP contribution in [-0.2, 0) is 6.54 Å². The van der Waals surface area contributed by atoms with Gasteiger partial charge < -0.3 is 4.57 Å². The molecule has 3 aromatic rings. The van der Waals surface area contributed by atoms with Gasteiger partial charge in [-0.15, -0.1) is 0 Å². The van der Waals surface area contributed by atoms with Gasteiger partial charge in [-0.05, 0) is 18.6 Å². The van der Waals surface area contributed by atoms with Gasteiger partial charge in [-0.1, -0.05) is 29.8 Å². The molecule has 2 aromatic heterocycles. The van der Waals surface area contributed by atoms with E-state index in [1.807, 2.05) is 12.3 Å². The molecular formula is C14H13N3. The van der Waals surface area contributed by atoms with Crippen LogP contribution in [-0.4, -0.2) is 14.5 Å². The first-order valence-corrected chi connectivity index (χ1v) is 5.63. The molecule has 0 unspecified atom stereocenters. The van der Waals surface area contributed by atoms with Crippen LogP contribution in [0, 0.1) is 6.92 Å². The molecule has 2 heterocycles. The Morgan fingerprint density at radius 1 is 1.12 bits per heavy atom. The van der Waals surface area contributed by atoms with Gasteiger partial charge in [0.1, 0.15) is 12.0 Å². The lowest BCUT2D eigenvalue weighted by molar-refractivity contribution is 0.823. The first-order valence-electron chi connectivity index (χ1n) is 5.63. The molecule has 17 heavy (non-hydrogen) atoms. The molecular weight excluding hydrogens is 210 g/mol. The van der Waals surface area contributed by atoms with Crippen LogP contribution in [0.15, 0.2) is 49.1 Å². The van der Waals surface area contributed by atoms with Crippen LogP contribution in [0.25, 0.3) is 11.0 Å². The van der Waals surface area contributed by atoms with Gasteiger partial charge in [0.25, 0.3) is 0 Å². The van der Waals surface area contributed by atoms with Crippen molar-refractivity contribution in [3.05, 3.63) is 60.2 Å². The molecule has 1 aromatic carbocycles. The Morgan fingerprint density at radius 2 is 1.94 bits per heavy atom. The molecule has 0 aliphatic carbocycles. The minimum atomic E-state index is 0.848. The summed E-state index contributed by atoms with van der Waals surface area (Å²) in [4.78, 5) is 8.33. The van der Waals surface area contributed by atoms with E-state index in [4.69, 9.17) is 0 Å². The van der Waals surface area contributed by atoms with E-state index in [1.54, 1.807) is 6.33 Å². The van der Waals surface area contributed by atoms with Gasteiger partial charge in [0, 0.05) is 24.3 Å². The van der Waals surface area contributed by atoms with Crippen LogP contribution in [0.1, 0.15) is 11.1 Å². The quantitative estimate of drug-likeness (QED) is 0.668. The maximum atomic E-state index is 4.31. The fourth-order valence-corrected chi connectivity index (χ4v) is 1.95. The van der Waals surface area contributed by atoms with E-state index < -0.39 is 0 Å². The van der Waals surface area contributed by atoms with Gasteiger partial charge in [-0.25, -0.2) is 9.97 Å². The number of aryl methyl sites for hydroxylation is 1. The van der Waals surface area contributed by atoms with Crippen molar-refractivity contribution in [2.75, 3.05) is 0 Å². The molecule has 0 aliphatic heterocycles. The molecule has 0 spiro atoms. The third-order valence-electron chi connectivity index (χ3n) is 2.90. The third kappa shape index (κ3) is 1.91. The van der Waals surface area contributed by atoms with Crippen LogP contribution in [0.4, 0.5) is 0 Å². The summed E-state index contributed by atoms with van der Waals surface area (Å²) >= 11 is 0. The first kappa shape index (κ1) is 10.0. The number of fused-ring (bicyclic) bond motifs is 1. The van der Waals surface area contributed by atoms with Gasteiger partial charge in [-0.2, -0.15) is 0 Å². The SMILES string of the molecule is Cc1ccc(Cn2ccc3cncnc32)cc1.